The lowest BCUT2D eigenvalue weighted by atomic mass is 10.1. The lowest BCUT2D eigenvalue weighted by Gasteiger charge is -2.19. The molecule has 0 amide bonds. The number of rotatable bonds is 39. The van der Waals surface area contributed by atoms with Crippen molar-refractivity contribution in [3.8, 4) is 0 Å². The lowest BCUT2D eigenvalue weighted by molar-refractivity contribution is -0.161. The summed E-state index contributed by atoms with van der Waals surface area (Å²) in [5.74, 6) is -0.869. The summed E-state index contributed by atoms with van der Waals surface area (Å²) in [5.41, 5.74) is 5.34. The number of carbonyl (C=O) groups is 2. The van der Waals surface area contributed by atoms with Gasteiger partial charge >= 0.3 is 19.8 Å². The van der Waals surface area contributed by atoms with Gasteiger partial charge in [0.1, 0.15) is 6.61 Å². The van der Waals surface area contributed by atoms with Gasteiger partial charge in [0.05, 0.1) is 13.2 Å². The fourth-order valence-electron chi connectivity index (χ4n) is 5.68. The third-order valence-electron chi connectivity index (χ3n) is 8.81. The molecule has 0 aromatic rings. The second-order valence-electron chi connectivity index (χ2n) is 13.8. The summed E-state index contributed by atoms with van der Waals surface area (Å²) < 4.78 is 32.7. The van der Waals surface area contributed by atoms with Crippen LogP contribution in [0.15, 0.2) is 24.3 Å². The van der Waals surface area contributed by atoms with Crippen molar-refractivity contribution in [2.24, 2.45) is 5.73 Å². The number of phosphoric ester groups is 1. The predicted molar refractivity (Wildman–Crippen MR) is 211 cm³/mol. The Morgan fingerprint density at radius 3 is 1.43 bits per heavy atom. The van der Waals surface area contributed by atoms with Crippen molar-refractivity contribution in [1.29, 1.82) is 0 Å². The maximum atomic E-state index is 12.5. The topological polar surface area (TPSA) is 134 Å². The number of phosphoric acid groups is 1. The molecule has 0 fully saturated rings. The van der Waals surface area contributed by atoms with Gasteiger partial charge in [0.15, 0.2) is 6.10 Å². The monoisotopic (exact) mass is 744 g/mol. The number of carbonyl (C=O) groups excluding carboxylic acids is 2. The molecule has 1 unspecified atom stereocenters. The first-order valence-electron chi connectivity index (χ1n) is 20.8. The van der Waals surface area contributed by atoms with Gasteiger partial charge in [-0.2, -0.15) is 0 Å². The highest BCUT2D eigenvalue weighted by molar-refractivity contribution is 7.47. The van der Waals surface area contributed by atoms with Gasteiger partial charge in [0.2, 0.25) is 0 Å². The first-order valence-corrected chi connectivity index (χ1v) is 22.3. The van der Waals surface area contributed by atoms with Crippen LogP contribution < -0.4 is 5.73 Å². The van der Waals surface area contributed by atoms with Crippen LogP contribution in [0.1, 0.15) is 194 Å². The van der Waals surface area contributed by atoms with Crippen LogP contribution in [0.2, 0.25) is 0 Å². The normalized spacial score (nSPS) is 13.6. The highest BCUT2D eigenvalue weighted by atomic mass is 31.2. The molecule has 0 saturated heterocycles. The third kappa shape index (κ3) is 38.0. The first kappa shape index (κ1) is 49.5. The maximum Gasteiger partial charge on any atom is 0.472 e. The average Bonchev–Trinajstić information content (AvgIpc) is 3.11. The summed E-state index contributed by atoms with van der Waals surface area (Å²) in [7, 11) is -4.38. The second-order valence-corrected chi connectivity index (χ2v) is 15.3. The molecule has 51 heavy (non-hydrogen) atoms. The largest absolute Gasteiger partial charge is 0.472 e. The zero-order valence-corrected chi connectivity index (χ0v) is 33.7. The van der Waals surface area contributed by atoms with E-state index in [-0.39, 0.29) is 32.6 Å². The van der Waals surface area contributed by atoms with Crippen molar-refractivity contribution in [3.05, 3.63) is 24.3 Å². The van der Waals surface area contributed by atoms with Crippen LogP contribution in [0.3, 0.4) is 0 Å². The molecular weight excluding hydrogens is 665 g/mol. The first-order chi connectivity index (χ1) is 24.8. The molecule has 0 aromatic heterocycles. The zero-order chi connectivity index (χ0) is 37.5. The van der Waals surface area contributed by atoms with Crippen molar-refractivity contribution in [2.75, 3.05) is 26.4 Å². The van der Waals surface area contributed by atoms with Crippen LogP contribution in [0.4, 0.5) is 0 Å². The highest BCUT2D eigenvalue weighted by Gasteiger charge is 2.25. The van der Waals surface area contributed by atoms with Gasteiger partial charge in [-0.25, -0.2) is 4.57 Å². The Bertz CT molecular complexity index is 897. The molecule has 0 aromatic carbocycles. The molecule has 0 saturated carbocycles. The van der Waals surface area contributed by atoms with E-state index in [1.54, 1.807) is 0 Å². The molecule has 0 radical (unpaired) electrons. The van der Waals surface area contributed by atoms with Gasteiger partial charge in [0.25, 0.3) is 0 Å². The van der Waals surface area contributed by atoms with Crippen LogP contribution >= 0.6 is 7.82 Å². The van der Waals surface area contributed by atoms with Gasteiger partial charge in [-0.3, -0.25) is 18.6 Å². The number of esters is 2. The molecule has 0 aliphatic rings. The predicted octanol–water partition coefficient (Wildman–Crippen LogP) is 11.6. The Kier molecular flexibility index (Phi) is 37.1. The van der Waals surface area contributed by atoms with Crippen LogP contribution in [0, 0.1) is 0 Å². The number of unbranched alkanes of at least 4 members (excludes halogenated alkanes) is 22. The molecule has 2 atom stereocenters. The van der Waals surface area contributed by atoms with Gasteiger partial charge in [-0.15, -0.1) is 0 Å². The SMILES string of the molecule is CCCCCCCCCC/C=C/CCCCCC(=O)OC[C@H](COP(=O)(O)OCCN)OC(=O)CCCC/C=C/CCCCCCCCCCC. The molecule has 300 valence electrons. The van der Waals surface area contributed by atoms with Crippen molar-refractivity contribution in [3.63, 3.8) is 0 Å². The van der Waals surface area contributed by atoms with Gasteiger partial charge in [0, 0.05) is 19.4 Å². The average molecular weight is 744 g/mol. The summed E-state index contributed by atoms with van der Waals surface area (Å²) >= 11 is 0. The summed E-state index contributed by atoms with van der Waals surface area (Å²) in [6.45, 7) is 3.69. The van der Waals surface area contributed by atoms with Crippen LogP contribution in [-0.2, 0) is 32.7 Å². The minimum absolute atomic E-state index is 0.0496. The van der Waals surface area contributed by atoms with Crippen molar-refractivity contribution < 1.29 is 37.6 Å². The number of hydrogen-bond donors (Lipinski definition) is 2. The molecule has 3 N–H and O–H groups in total. The van der Waals surface area contributed by atoms with Crippen molar-refractivity contribution >= 4 is 19.8 Å². The fraction of sp³-hybridized carbons (Fsp3) is 0.854. The smallest absolute Gasteiger partial charge is 0.462 e. The van der Waals surface area contributed by atoms with E-state index in [9.17, 15) is 19.0 Å². The van der Waals surface area contributed by atoms with Crippen molar-refractivity contribution in [1.82, 2.24) is 0 Å². The highest BCUT2D eigenvalue weighted by Crippen LogP contribution is 2.43. The summed E-state index contributed by atoms with van der Waals surface area (Å²) in [4.78, 5) is 34.8. The molecule has 0 spiro atoms. The summed E-state index contributed by atoms with van der Waals surface area (Å²) in [6.07, 6.45) is 39.2. The molecule has 0 aliphatic carbocycles. The molecular formula is C41H78NO8P. The molecule has 0 heterocycles. The van der Waals surface area contributed by atoms with E-state index in [0.717, 1.165) is 44.9 Å². The number of hydrogen-bond acceptors (Lipinski definition) is 8. The molecule has 0 bridgehead atoms. The van der Waals surface area contributed by atoms with Gasteiger partial charge in [-0.1, -0.05) is 141 Å². The second kappa shape index (κ2) is 38.2. The number of nitrogens with two attached hydrogens (primary N) is 1. The number of ether oxygens (including phenoxy) is 2. The van der Waals surface area contributed by atoms with Crippen LogP contribution in [-0.4, -0.2) is 49.3 Å². The zero-order valence-electron chi connectivity index (χ0n) is 32.8. The van der Waals surface area contributed by atoms with Crippen molar-refractivity contribution in [2.45, 2.75) is 200 Å². The van der Waals surface area contributed by atoms with E-state index in [1.165, 1.54) is 109 Å². The van der Waals surface area contributed by atoms with Crippen LogP contribution in [0.5, 0.6) is 0 Å². The number of allylic oxidation sites excluding steroid dienone is 4. The van der Waals surface area contributed by atoms with E-state index in [2.05, 4.69) is 38.2 Å². The minimum Gasteiger partial charge on any atom is -0.462 e. The quantitative estimate of drug-likeness (QED) is 0.0273. The Balaban J connectivity index is 4.22. The molecule has 0 rings (SSSR count). The van der Waals surface area contributed by atoms with Crippen LogP contribution in [0.25, 0.3) is 0 Å². The van der Waals surface area contributed by atoms with E-state index in [1.807, 2.05) is 0 Å². The Morgan fingerprint density at radius 1 is 0.569 bits per heavy atom. The third-order valence-corrected chi connectivity index (χ3v) is 9.79. The molecule has 10 heteroatoms. The Hall–Kier alpha value is -1.51. The minimum atomic E-state index is -4.38. The maximum absolute atomic E-state index is 12.5. The van der Waals surface area contributed by atoms with E-state index in [4.69, 9.17) is 24.3 Å². The van der Waals surface area contributed by atoms with Gasteiger partial charge in [-0.05, 0) is 64.2 Å². The fourth-order valence-corrected chi connectivity index (χ4v) is 6.45. The van der Waals surface area contributed by atoms with E-state index < -0.39 is 32.5 Å². The summed E-state index contributed by atoms with van der Waals surface area (Å²) in [5, 5.41) is 0. The standard InChI is InChI=1S/C41H78NO8P/c1-3-5-7-9-11-13-15-17-19-21-23-25-27-29-31-33-40(43)47-37-39(38-49-51(45,46)48-36-35-42)50-41(44)34-32-30-28-26-24-22-20-18-16-14-12-10-8-6-4-2/h21,23-24,26,39H,3-20,22,25,27-38,42H2,1-2H3,(H,45,46)/b23-21+,26-24+/t39-/m1/s1. The Labute approximate surface area is 312 Å². The summed E-state index contributed by atoms with van der Waals surface area (Å²) in [6, 6.07) is 0. The molecule has 0 aliphatic heterocycles. The Morgan fingerprint density at radius 2 is 0.961 bits per heavy atom. The lowest BCUT2D eigenvalue weighted by Crippen LogP contribution is -2.29. The molecule has 9 nitrogen and oxygen atoms in total. The van der Waals surface area contributed by atoms with E-state index >= 15 is 0 Å². The van der Waals surface area contributed by atoms with Gasteiger partial charge < -0.3 is 20.1 Å². The van der Waals surface area contributed by atoms with E-state index in [0.29, 0.717) is 12.8 Å².